The molecule has 0 saturated carbocycles. The highest BCUT2D eigenvalue weighted by Crippen LogP contribution is 2.28. The van der Waals surface area contributed by atoms with Gasteiger partial charge in [-0.2, -0.15) is 0 Å². The molecule has 1 aliphatic rings. The molecule has 0 unspecified atom stereocenters. The molecular weight excluding hydrogens is 524 g/mol. The Kier molecular flexibility index (Phi) is 11.9. The normalized spacial score (nSPS) is 16.7. The number of amides is 1. The largest absolute Gasteiger partial charge is 0.390 e. The molecule has 0 aromatic heterocycles. The predicted molar refractivity (Wildman–Crippen MR) is 158 cm³/mol. The number of aliphatic hydroxyl groups excluding tert-OH is 1. The molecule has 38 heavy (non-hydrogen) atoms. The highest BCUT2D eigenvalue weighted by atomic mass is 35.5. The summed E-state index contributed by atoms with van der Waals surface area (Å²) < 4.78 is 26.9. The van der Waals surface area contributed by atoms with E-state index in [-0.39, 0.29) is 29.6 Å². The predicted octanol–water partition coefficient (Wildman–Crippen LogP) is 3.95. The van der Waals surface area contributed by atoms with Crippen molar-refractivity contribution in [3.05, 3.63) is 59.7 Å². The SMILES string of the molecule is CCNc1cc(C(=O)N[C@@H](Cc2ccccc2)[C@H](O)CNC(C)(C)CC)cc(N2CCCCS2(=O)=O)c1.Cl. The first-order valence-electron chi connectivity index (χ1n) is 13.2. The van der Waals surface area contributed by atoms with Crippen LogP contribution in [0, 0.1) is 0 Å². The maximum Gasteiger partial charge on any atom is 0.251 e. The van der Waals surface area contributed by atoms with Crippen molar-refractivity contribution in [2.45, 2.75) is 71.1 Å². The Morgan fingerprint density at radius 2 is 1.82 bits per heavy atom. The van der Waals surface area contributed by atoms with Gasteiger partial charge in [-0.25, -0.2) is 8.42 Å². The first kappa shape index (κ1) is 31.9. The Morgan fingerprint density at radius 1 is 1.11 bits per heavy atom. The van der Waals surface area contributed by atoms with Gasteiger partial charge < -0.3 is 21.1 Å². The summed E-state index contributed by atoms with van der Waals surface area (Å²) in [5.74, 6) is -0.253. The molecule has 0 radical (unpaired) electrons. The summed E-state index contributed by atoms with van der Waals surface area (Å²) >= 11 is 0. The lowest BCUT2D eigenvalue weighted by Gasteiger charge is -2.31. The van der Waals surface area contributed by atoms with Crippen LogP contribution in [-0.4, -0.2) is 62.5 Å². The van der Waals surface area contributed by atoms with Crippen molar-refractivity contribution in [2.75, 3.05) is 35.0 Å². The van der Waals surface area contributed by atoms with Crippen molar-refractivity contribution in [1.82, 2.24) is 10.6 Å². The van der Waals surface area contributed by atoms with Crippen LogP contribution in [0.5, 0.6) is 0 Å². The zero-order chi connectivity index (χ0) is 27.1. The van der Waals surface area contributed by atoms with Crippen molar-refractivity contribution < 1.29 is 18.3 Å². The first-order chi connectivity index (χ1) is 17.5. The van der Waals surface area contributed by atoms with E-state index in [4.69, 9.17) is 0 Å². The third kappa shape index (κ3) is 8.86. The summed E-state index contributed by atoms with van der Waals surface area (Å²) in [4.78, 5) is 13.5. The van der Waals surface area contributed by atoms with Crippen LogP contribution in [0.1, 0.15) is 62.9 Å². The summed E-state index contributed by atoms with van der Waals surface area (Å²) in [5.41, 5.74) is 2.37. The summed E-state index contributed by atoms with van der Waals surface area (Å²) in [6.45, 7) is 9.53. The lowest BCUT2D eigenvalue weighted by Crippen LogP contribution is -2.52. The number of carbonyl (C=O) groups excluding carboxylic acids is 1. The molecule has 8 nitrogen and oxygen atoms in total. The van der Waals surface area contributed by atoms with Crippen LogP contribution in [-0.2, 0) is 16.4 Å². The standard InChI is InChI=1S/C28H42N4O4S.ClH/c1-5-28(3,4)30-20-26(33)25(16-21-12-8-7-9-13-21)31-27(34)22-17-23(29-6-2)19-24(18-22)32-14-10-11-15-37(32,35)36;/h7-9,12-13,17-19,25-26,29-30,33H,5-6,10-11,14-16,20H2,1-4H3,(H,31,34);1H/t25-,26+;/m0./s1. The number of benzene rings is 2. The lowest BCUT2D eigenvalue weighted by molar-refractivity contribution is 0.0813. The molecule has 0 bridgehead atoms. The van der Waals surface area contributed by atoms with E-state index in [1.165, 1.54) is 4.31 Å². The summed E-state index contributed by atoms with van der Waals surface area (Å²) in [7, 11) is -3.43. The van der Waals surface area contributed by atoms with Crippen molar-refractivity contribution in [2.24, 2.45) is 0 Å². The fraction of sp³-hybridized carbons (Fsp3) is 0.536. The van der Waals surface area contributed by atoms with E-state index in [2.05, 4.69) is 36.7 Å². The average molecular weight is 567 g/mol. The van der Waals surface area contributed by atoms with Gasteiger partial charge in [0.2, 0.25) is 10.0 Å². The quantitative estimate of drug-likeness (QED) is 0.310. The van der Waals surface area contributed by atoms with Gasteiger partial charge in [0.1, 0.15) is 0 Å². The fourth-order valence-electron chi connectivity index (χ4n) is 4.32. The van der Waals surface area contributed by atoms with E-state index in [9.17, 15) is 18.3 Å². The van der Waals surface area contributed by atoms with Crippen molar-refractivity contribution in [3.8, 4) is 0 Å². The number of nitrogens with zero attached hydrogens (tertiary/aromatic N) is 1. The minimum absolute atomic E-state index is 0. The molecule has 2 atom stereocenters. The van der Waals surface area contributed by atoms with Gasteiger partial charge in [0.15, 0.2) is 0 Å². The second-order valence-electron chi connectivity index (χ2n) is 10.3. The first-order valence-corrected chi connectivity index (χ1v) is 14.8. The number of nitrogens with one attached hydrogen (secondary N) is 3. The van der Waals surface area contributed by atoms with Gasteiger partial charge in [-0.15, -0.1) is 12.4 Å². The Morgan fingerprint density at radius 3 is 2.45 bits per heavy atom. The van der Waals surface area contributed by atoms with Crippen LogP contribution in [0.4, 0.5) is 11.4 Å². The van der Waals surface area contributed by atoms with Crippen LogP contribution in [0.2, 0.25) is 0 Å². The van der Waals surface area contributed by atoms with Crippen LogP contribution in [0.25, 0.3) is 0 Å². The number of halogens is 1. The summed E-state index contributed by atoms with van der Waals surface area (Å²) in [6, 6.07) is 14.3. The number of hydrogen-bond acceptors (Lipinski definition) is 6. The molecule has 1 fully saturated rings. The number of hydrogen-bond donors (Lipinski definition) is 4. The Bertz CT molecular complexity index is 1140. The Balaban J connectivity index is 0.00000507. The van der Waals surface area contributed by atoms with Gasteiger partial charge in [-0.05, 0) is 70.2 Å². The molecule has 0 aliphatic carbocycles. The van der Waals surface area contributed by atoms with Crippen molar-refractivity contribution in [3.63, 3.8) is 0 Å². The molecule has 1 aliphatic heterocycles. The van der Waals surface area contributed by atoms with Crippen LogP contribution in [0.3, 0.4) is 0 Å². The third-order valence-corrected chi connectivity index (χ3v) is 8.82. The van der Waals surface area contributed by atoms with Crippen LogP contribution >= 0.6 is 12.4 Å². The smallest absolute Gasteiger partial charge is 0.251 e. The molecule has 212 valence electrons. The average Bonchev–Trinajstić information content (AvgIpc) is 2.87. The van der Waals surface area contributed by atoms with E-state index in [1.54, 1.807) is 18.2 Å². The molecule has 3 rings (SSSR count). The number of aliphatic hydroxyl groups is 1. The molecule has 1 saturated heterocycles. The monoisotopic (exact) mass is 566 g/mol. The second kappa shape index (κ2) is 14.2. The van der Waals surface area contributed by atoms with Crippen LogP contribution < -0.4 is 20.3 Å². The zero-order valence-electron chi connectivity index (χ0n) is 22.9. The Hall–Kier alpha value is -2.33. The minimum atomic E-state index is -3.43. The molecule has 0 spiro atoms. The molecule has 2 aromatic rings. The van der Waals surface area contributed by atoms with Crippen molar-refractivity contribution >= 4 is 39.7 Å². The minimum Gasteiger partial charge on any atom is -0.390 e. The molecule has 1 heterocycles. The highest BCUT2D eigenvalue weighted by Gasteiger charge is 2.28. The molecular formula is C28H43ClN4O4S. The van der Waals surface area contributed by atoms with E-state index in [0.29, 0.717) is 49.4 Å². The van der Waals surface area contributed by atoms with Crippen LogP contribution in [0.15, 0.2) is 48.5 Å². The van der Waals surface area contributed by atoms with E-state index < -0.39 is 22.2 Å². The Labute approximate surface area is 234 Å². The van der Waals surface area contributed by atoms with Gasteiger partial charge >= 0.3 is 0 Å². The van der Waals surface area contributed by atoms with E-state index >= 15 is 0 Å². The summed E-state index contributed by atoms with van der Waals surface area (Å²) in [5, 5.41) is 20.7. The maximum absolute atomic E-state index is 13.5. The van der Waals surface area contributed by atoms with Crippen molar-refractivity contribution in [1.29, 1.82) is 0 Å². The fourth-order valence-corrected chi connectivity index (χ4v) is 5.95. The third-order valence-electron chi connectivity index (χ3n) is 6.95. The van der Waals surface area contributed by atoms with Gasteiger partial charge in [0, 0.05) is 36.4 Å². The highest BCUT2D eigenvalue weighted by molar-refractivity contribution is 7.92. The number of anilines is 2. The molecule has 4 N–H and O–H groups in total. The zero-order valence-corrected chi connectivity index (χ0v) is 24.5. The lowest BCUT2D eigenvalue weighted by atomic mass is 9.98. The summed E-state index contributed by atoms with van der Waals surface area (Å²) in [6.07, 6.45) is 1.95. The van der Waals surface area contributed by atoms with E-state index in [1.807, 2.05) is 37.3 Å². The number of β-amino-alcohol motifs (C(OH)–C–C–N with tert-alkyl or cyclic N) is 1. The number of carbonyl (C=O) groups is 1. The van der Waals surface area contributed by atoms with Gasteiger partial charge in [-0.1, -0.05) is 37.3 Å². The molecule has 10 heteroatoms. The number of sulfonamides is 1. The topological polar surface area (TPSA) is 111 Å². The van der Waals surface area contributed by atoms with E-state index in [0.717, 1.165) is 18.4 Å². The second-order valence-corrected chi connectivity index (χ2v) is 12.4. The molecule has 1 amide bonds. The molecule has 2 aromatic carbocycles. The van der Waals surface area contributed by atoms with Gasteiger partial charge in [-0.3, -0.25) is 9.10 Å². The van der Waals surface area contributed by atoms with Gasteiger partial charge in [0.05, 0.1) is 23.6 Å². The van der Waals surface area contributed by atoms with Gasteiger partial charge in [0.25, 0.3) is 5.91 Å². The number of rotatable bonds is 12. The maximum atomic E-state index is 13.5.